The maximum absolute atomic E-state index is 9.77. The summed E-state index contributed by atoms with van der Waals surface area (Å²) in [5.41, 5.74) is 0. The zero-order chi connectivity index (χ0) is 6.28. The lowest BCUT2D eigenvalue weighted by molar-refractivity contribution is -0.114. The number of hydrogen-bond donors (Lipinski definition) is 0. The SMILES string of the molecule is CBr.CC(=O)CBr. The molecule has 0 unspecified atom stereocenters. The number of halogens is 2. The lowest BCUT2D eigenvalue weighted by Crippen LogP contribution is -1.85. The minimum atomic E-state index is 0.171. The van der Waals surface area contributed by atoms with Gasteiger partial charge in [-0.2, -0.15) is 0 Å². The van der Waals surface area contributed by atoms with Crippen LogP contribution in [0.25, 0.3) is 0 Å². The Kier molecular flexibility index (Phi) is 14.8. The third-order valence-electron chi connectivity index (χ3n) is 0.188. The van der Waals surface area contributed by atoms with Gasteiger partial charge in [-0.05, 0) is 12.8 Å². The summed E-state index contributed by atoms with van der Waals surface area (Å²) in [7, 11) is 0. The second kappa shape index (κ2) is 9.80. The fraction of sp³-hybridized carbons (Fsp3) is 0.750. The summed E-state index contributed by atoms with van der Waals surface area (Å²) in [5.74, 6) is 1.98. The van der Waals surface area contributed by atoms with Gasteiger partial charge in [-0.3, -0.25) is 4.79 Å². The second-order valence-corrected chi connectivity index (χ2v) is 1.40. The van der Waals surface area contributed by atoms with E-state index in [1.807, 2.05) is 5.83 Å². The van der Waals surface area contributed by atoms with Crippen LogP contribution in [0.2, 0.25) is 0 Å². The molecule has 0 saturated carbocycles. The average Bonchev–Trinajstić information content (AvgIpc) is 1.73. The quantitative estimate of drug-likeness (QED) is 0.631. The van der Waals surface area contributed by atoms with E-state index in [2.05, 4.69) is 31.9 Å². The van der Waals surface area contributed by atoms with Crippen LogP contribution in [0.3, 0.4) is 0 Å². The standard InChI is InChI=1S/C3H5BrO.CH3Br/c1-3(5)2-4;1-2/h2H2,1H3;1H3. The monoisotopic (exact) mass is 230 g/mol. The number of hydrogen-bond acceptors (Lipinski definition) is 1. The van der Waals surface area contributed by atoms with Crippen molar-refractivity contribution in [3.8, 4) is 0 Å². The van der Waals surface area contributed by atoms with Gasteiger partial charge in [-0.25, -0.2) is 0 Å². The average molecular weight is 232 g/mol. The predicted molar refractivity (Wildman–Crippen MR) is 39.3 cm³/mol. The molecule has 7 heavy (non-hydrogen) atoms. The Labute approximate surface area is 60.7 Å². The number of Topliss-reactive ketones (excluding diaryl/α,β-unsaturated/α-hetero) is 1. The van der Waals surface area contributed by atoms with Gasteiger partial charge in [0, 0.05) is 0 Å². The highest BCUT2D eigenvalue weighted by atomic mass is 79.9. The van der Waals surface area contributed by atoms with Crippen LogP contribution < -0.4 is 0 Å². The molecular weight excluding hydrogens is 224 g/mol. The molecule has 0 amide bonds. The van der Waals surface area contributed by atoms with Crippen LogP contribution in [0.5, 0.6) is 0 Å². The molecule has 0 aromatic rings. The first kappa shape index (κ1) is 10.6. The highest BCUT2D eigenvalue weighted by Crippen LogP contribution is 1.76. The number of carbonyl (C=O) groups is 1. The Hall–Kier alpha value is 0.630. The third-order valence-corrected chi connectivity index (χ3v) is 0.978. The third kappa shape index (κ3) is 20.5. The Morgan fingerprint density at radius 3 is 1.71 bits per heavy atom. The first-order valence-corrected chi connectivity index (χ1v) is 4.41. The highest BCUT2D eigenvalue weighted by molar-refractivity contribution is 9.09. The number of rotatable bonds is 1. The Bertz CT molecular complexity index is 45.0. The largest absolute Gasteiger partial charge is 0.299 e. The molecule has 0 atom stereocenters. The normalized spacial score (nSPS) is 6.29. The van der Waals surface area contributed by atoms with E-state index in [1.165, 1.54) is 6.92 Å². The van der Waals surface area contributed by atoms with Gasteiger partial charge in [0.15, 0.2) is 0 Å². The molecule has 1 nitrogen and oxygen atoms in total. The van der Waals surface area contributed by atoms with Gasteiger partial charge in [0.1, 0.15) is 5.78 Å². The minimum absolute atomic E-state index is 0.171. The molecule has 0 aliphatic rings. The van der Waals surface area contributed by atoms with E-state index >= 15 is 0 Å². The van der Waals surface area contributed by atoms with Crippen molar-refractivity contribution < 1.29 is 4.79 Å². The molecule has 0 N–H and O–H groups in total. The van der Waals surface area contributed by atoms with Crippen LogP contribution in [0.4, 0.5) is 0 Å². The molecular formula is C4H8Br2O. The molecule has 0 spiro atoms. The van der Waals surface area contributed by atoms with Crippen LogP contribution in [0.15, 0.2) is 0 Å². The molecule has 3 heteroatoms. The van der Waals surface area contributed by atoms with Gasteiger partial charge in [0.25, 0.3) is 0 Å². The Balaban J connectivity index is 0. The van der Waals surface area contributed by atoms with E-state index in [9.17, 15) is 4.79 Å². The van der Waals surface area contributed by atoms with Gasteiger partial charge in [-0.1, -0.05) is 31.9 Å². The van der Waals surface area contributed by atoms with E-state index in [0.717, 1.165) is 0 Å². The summed E-state index contributed by atoms with van der Waals surface area (Å²) >= 11 is 5.90. The van der Waals surface area contributed by atoms with Crippen molar-refractivity contribution >= 4 is 37.6 Å². The maximum Gasteiger partial charge on any atom is 0.140 e. The molecule has 0 saturated heterocycles. The summed E-state index contributed by atoms with van der Waals surface area (Å²) in [5, 5.41) is 0.479. The van der Waals surface area contributed by atoms with Crippen molar-refractivity contribution in [1.82, 2.24) is 0 Å². The molecule has 0 aromatic carbocycles. The molecule has 44 valence electrons. The fourth-order valence-corrected chi connectivity index (χ4v) is 0. The molecule has 0 heterocycles. The number of carbonyl (C=O) groups excluding carboxylic acids is 1. The summed E-state index contributed by atoms with van der Waals surface area (Å²) in [4.78, 5) is 9.77. The fourth-order valence-electron chi connectivity index (χ4n) is 0. The van der Waals surface area contributed by atoms with Crippen LogP contribution in [0, 0.1) is 0 Å². The van der Waals surface area contributed by atoms with Crippen molar-refractivity contribution in [2.45, 2.75) is 6.92 Å². The second-order valence-electron chi connectivity index (χ2n) is 0.836. The van der Waals surface area contributed by atoms with E-state index in [-0.39, 0.29) is 5.78 Å². The first-order valence-electron chi connectivity index (χ1n) is 1.70. The molecule has 0 rings (SSSR count). The molecule has 0 aliphatic carbocycles. The van der Waals surface area contributed by atoms with Gasteiger partial charge < -0.3 is 0 Å². The Morgan fingerprint density at radius 1 is 1.57 bits per heavy atom. The smallest absolute Gasteiger partial charge is 0.140 e. The zero-order valence-corrected chi connectivity index (χ0v) is 7.54. The van der Waals surface area contributed by atoms with Crippen LogP contribution in [0.1, 0.15) is 6.92 Å². The summed E-state index contributed by atoms with van der Waals surface area (Å²) in [6, 6.07) is 0. The maximum atomic E-state index is 9.77. The van der Waals surface area contributed by atoms with E-state index in [1.54, 1.807) is 0 Å². The molecule has 0 aliphatic heterocycles. The van der Waals surface area contributed by atoms with E-state index in [4.69, 9.17) is 0 Å². The predicted octanol–water partition coefficient (Wildman–Crippen LogP) is 1.98. The van der Waals surface area contributed by atoms with Crippen LogP contribution in [-0.4, -0.2) is 16.9 Å². The summed E-state index contributed by atoms with van der Waals surface area (Å²) < 4.78 is 0. The van der Waals surface area contributed by atoms with Crippen LogP contribution >= 0.6 is 31.9 Å². The van der Waals surface area contributed by atoms with E-state index in [0.29, 0.717) is 5.33 Å². The van der Waals surface area contributed by atoms with Crippen molar-refractivity contribution in [3.63, 3.8) is 0 Å². The summed E-state index contributed by atoms with van der Waals surface area (Å²) in [6.45, 7) is 1.54. The highest BCUT2D eigenvalue weighted by Gasteiger charge is 1.78. The number of alkyl halides is 2. The Morgan fingerprint density at radius 2 is 1.71 bits per heavy atom. The lowest BCUT2D eigenvalue weighted by atomic mass is 10.5. The van der Waals surface area contributed by atoms with Crippen molar-refractivity contribution in [3.05, 3.63) is 0 Å². The molecule has 0 radical (unpaired) electrons. The topological polar surface area (TPSA) is 17.1 Å². The van der Waals surface area contributed by atoms with E-state index < -0.39 is 0 Å². The van der Waals surface area contributed by atoms with Gasteiger partial charge in [0.2, 0.25) is 0 Å². The van der Waals surface area contributed by atoms with Gasteiger partial charge in [-0.15, -0.1) is 0 Å². The zero-order valence-electron chi connectivity index (χ0n) is 4.37. The van der Waals surface area contributed by atoms with Crippen molar-refractivity contribution in [1.29, 1.82) is 0 Å². The van der Waals surface area contributed by atoms with Crippen LogP contribution in [-0.2, 0) is 4.79 Å². The minimum Gasteiger partial charge on any atom is -0.299 e. The van der Waals surface area contributed by atoms with Gasteiger partial charge >= 0.3 is 0 Å². The van der Waals surface area contributed by atoms with Crippen molar-refractivity contribution in [2.75, 3.05) is 11.2 Å². The lowest BCUT2D eigenvalue weighted by Gasteiger charge is -1.69. The molecule has 0 bridgehead atoms. The number of ketones is 1. The first-order chi connectivity index (χ1) is 3.27. The van der Waals surface area contributed by atoms with Gasteiger partial charge in [0.05, 0.1) is 5.33 Å². The molecule has 0 fully saturated rings. The summed E-state index contributed by atoms with van der Waals surface area (Å²) in [6.07, 6.45) is 0. The molecule has 0 aromatic heterocycles. The van der Waals surface area contributed by atoms with Crippen molar-refractivity contribution in [2.24, 2.45) is 0 Å².